The number of hydrogen-bond donors (Lipinski definition) is 2. The molecule has 0 radical (unpaired) electrons. The van der Waals surface area contributed by atoms with Gasteiger partial charge in [-0.3, -0.25) is 9.98 Å². The van der Waals surface area contributed by atoms with Gasteiger partial charge < -0.3 is 11.5 Å². The van der Waals surface area contributed by atoms with Crippen molar-refractivity contribution in [3.8, 4) is 0 Å². The lowest BCUT2D eigenvalue weighted by Gasteiger charge is -2.34. The molecule has 6 aliphatic rings. The fourth-order valence-electron chi connectivity index (χ4n) is 2.24. The van der Waals surface area contributed by atoms with E-state index in [2.05, 4.69) is 34.3 Å². The Morgan fingerprint density at radius 2 is 1.21 bits per heavy atom. The van der Waals surface area contributed by atoms with Crippen molar-refractivity contribution in [3.63, 3.8) is 0 Å². The van der Waals surface area contributed by atoms with Crippen molar-refractivity contribution in [3.05, 3.63) is 24.3 Å². The molecule has 4 bridgehead atoms. The molecule has 0 aromatic carbocycles. The highest BCUT2D eigenvalue weighted by Gasteiger charge is 2.35. The predicted molar refractivity (Wildman–Crippen MR) is 56.1 cm³/mol. The SMILES string of the molecule is NC1=N[C@@H]2C=C[C@H]1[C@@H]1C=C[C@H]2C(N)=N1. The Hall–Kier alpha value is -1.58. The van der Waals surface area contributed by atoms with Crippen LogP contribution in [0.3, 0.4) is 0 Å². The molecule has 0 aromatic rings. The zero-order valence-electron chi connectivity index (χ0n) is 7.67. The Kier molecular flexibility index (Phi) is 1.37. The first-order chi connectivity index (χ1) is 6.75. The summed E-state index contributed by atoms with van der Waals surface area (Å²) < 4.78 is 0. The van der Waals surface area contributed by atoms with Crippen molar-refractivity contribution in [2.45, 2.75) is 12.1 Å². The minimum absolute atomic E-state index is 0.0486. The van der Waals surface area contributed by atoms with E-state index in [0.717, 1.165) is 0 Å². The highest BCUT2D eigenvalue weighted by Crippen LogP contribution is 2.29. The third-order valence-electron chi connectivity index (χ3n) is 3.05. The van der Waals surface area contributed by atoms with Crippen LogP contribution in [0.2, 0.25) is 0 Å². The second kappa shape index (κ2) is 2.47. The first-order valence-corrected chi connectivity index (χ1v) is 4.78. The van der Waals surface area contributed by atoms with Gasteiger partial charge in [0, 0.05) is 0 Å². The van der Waals surface area contributed by atoms with Crippen molar-refractivity contribution in [2.75, 3.05) is 0 Å². The number of nitrogens with two attached hydrogens (primary N) is 2. The van der Waals surface area contributed by atoms with Crippen LogP contribution in [0.25, 0.3) is 0 Å². The van der Waals surface area contributed by atoms with E-state index in [4.69, 9.17) is 11.5 Å². The van der Waals surface area contributed by atoms with Crippen LogP contribution in [0.5, 0.6) is 0 Å². The lowest BCUT2D eigenvalue weighted by Crippen LogP contribution is -2.45. The molecule has 1 aliphatic carbocycles. The highest BCUT2D eigenvalue weighted by molar-refractivity contribution is 5.93. The number of aliphatic imine (C=N–C) groups is 2. The van der Waals surface area contributed by atoms with E-state index < -0.39 is 0 Å². The quantitative estimate of drug-likeness (QED) is 0.517. The molecule has 0 amide bonds. The van der Waals surface area contributed by atoms with Crippen LogP contribution in [0, 0.1) is 11.8 Å². The molecule has 0 spiro atoms. The van der Waals surface area contributed by atoms with E-state index >= 15 is 0 Å². The standard InChI is InChI=1S/C10H12N4/c11-9-5-1-3-7(13-9)6-2-4-8(5)14-10(6)12/h1-8H,(H2,11,13)(H2,12,14)/t5-,6+,7+,8-. The normalized spacial score (nSPS) is 43.1. The summed E-state index contributed by atoms with van der Waals surface area (Å²) in [7, 11) is 0. The number of dihydropyridines is 2. The summed E-state index contributed by atoms with van der Waals surface area (Å²) in [5.74, 6) is 1.57. The predicted octanol–water partition coefficient (Wildman–Crippen LogP) is -0.176. The summed E-state index contributed by atoms with van der Waals surface area (Å²) in [6.07, 6.45) is 8.38. The van der Waals surface area contributed by atoms with Gasteiger partial charge in [0.1, 0.15) is 11.7 Å². The smallest absolute Gasteiger partial charge is 0.104 e. The summed E-state index contributed by atoms with van der Waals surface area (Å²) in [5.41, 5.74) is 11.8. The minimum atomic E-state index is 0.0486. The maximum Gasteiger partial charge on any atom is 0.104 e. The summed E-state index contributed by atoms with van der Waals surface area (Å²) >= 11 is 0. The molecule has 0 fully saturated rings. The van der Waals surface area contributed by atoms with Crippen molar-refractivity contribution in [2.24, 2.45) is 33.3 Å². The highest BCUT2D eigenvalue weighted by atomic mass is 15.0. The summed E-state index contributed by atoms with van der Waals surface area (Å²) in [5, 5.41) is 0. The second-order valence-corrected chi connectivity index (χ2v) is 3.91. The van der Waals surface area contributed by atoms with Crippen LogP contribution in [0.4, 0.5) is 0 Å². The third kappa shape index (κ3) is 0.880. The largest absolute Gasteiger partial charge is 0.387 e. The van der Waals surface area contributed by atoms with Crippen LogP contribution in [-0.4, -0.2) is 23.8 Å². The van der Waals surface area contributed by atoms with Crippen LogP contribution < -0.4 is 11.5 Å². The Morgan fingerprint density at radius 1 is 0.786 bits per heavy atom. The van der Waals surface area contributed by atoms with Gasteiger partial charge >= 0.3 is 0 Å². The first kappa shape index (κ1) is 7.79. The average molecular weight is 188 g/mol. The van der Waals surface area contributed by atoms with Crippen molar-refractivity contribution in [1.82, 2.24) is 0 Å². The Bertz CT molecular complexity index is 353. The fraction of sp³-hybridized carbons (Fsp3) is 0.400. The van der Waals surface area contributed by atoms with Gasteiger partial charge in [-0.1, -0.05) is 24.3 Å². The minimum Gasteiger partial charge on any atom is -0.387 e. The van der Waals surface area contributed by atoms with Crippen LogP contribution >= 0.6 is 0 Å². The number of nitrogens with zero attached hydrogens (tertiary/aromatic N) is 2. The summed E-state index contributed by atoms with van der Waals surface area (Å²) in [6.45, 7) is 0. The zero-order valence-corrected chi connectivity index (χ0v) is 7.67. The molecular formula is C10H12N4. The molecule has 0 saturated carbocycles. The van der Waals surface area contributed by atoms with Gasteiger partial charge in [0.15, 0.2) is 0 Å². The van der Waals surface area contributed by atoms with Gasteiger partial charge in [-0.25, -0.2) is 0 Å². The maximum absolute atomic E-state index is 5.88. The van der Waals surface area contributed by atoms with E-state index in [1.165, 1.54) is 0 Å². The van der Waals surface area contributed by atoms with Crippen LogP contribution in [-0.2, 0) is 0 Å². The first-order valence-electron chi connectivity index (χ1n) is 4.78. The molecule has 4 nitrogen and oxygen atoms in total. The van der Waals surface area contributed by atoms with E-state index in [1.807, 2.05) is 0 Å². The molecule has 5 aliphatic heterocycles. The molecule has 6 rings (SSSR count). The molecule has 4 N–H and O–H groups in total. The van der Waals surface area contributed by atoms with Gasteiger partial charge in [-0.2, -0.15) is 0 Å². The molecule has 4 atom stereocenters. The number of hydrogen-bond acceptors (Lipinski definition) is 4. The molecule has 72 valence electrons. The maximum atomic E-state index is 5.88. The molecule has 0 unspecified atom stereocenters. The van der Waals surface area contributed by atoms with Crippen LogP contribution in [0.1, 0.15) is 0 Å². The van der Waals surface area contributed by atoms with Crippen molar-refractivity contribution < 1.29 is 0 Å². The summed E-state index contributed by atoms with van der Waals surface area (Å²) in [6, 6.07) is 0.0972. The Labute approximate surface area is 82.1 Å². The number of rotatable bonds is 0. The van der Waals surface area contributed by atoms with Crippen molar-refractivity contribution >= 4 is 11.7 Å². The third-order valence-corrected chi connectivity index (χ3v) is 3.05. The molecule has 0 aromatic heterocycles. The van der Waals surface area contributed by atoms with Gasteiger partial charge in [0.25, 0.3) is 0 Å². The van der Waals surface area contributed by atoms with E-state index in [-0.39, 0.29) is 23.9 Å². The average Bonchev–Trinajstić information content (AvgIpc) is 2.13. The molecule has 4 heteroatoms. The van der Waals surface area contributed by atoms with Gasteiger partial charge in [-0.05, 0) is 0 Å². The number of amidine groups is 2. The molecule has 5 heterocycles. The Balaban J connectivity index is 2.14. The van der Waals surface area contributed by atoms with Gasteiger partial charge in [0.05, 0.1) is 23.9 Å². The molecular weight excluding hydrogens is 176 g/mol. The monoisotopic (exact) mass is 188 g/mol. The molecule has 0 saturated heterocycles. The van der Waals surface area contributed by atoms with Gasteiger partial charge in [0.2, 0.25) is 0 Å². The second-order valence-electron chi connectivity index (χ2n) is 3.91. The van der Waals surface area contributed by atoms with E-state index in [9.17, 15) is 0 Å². The summed E-state index contributed by atoms with van der Waals surface area (Å²) in [4.78, 5) is 8.87. The zero-order chi connectivity index (χ0) is 9.71. The van der Waals surface area contributed by atoms with Crippen molar-refractivity contribution in [1.29, 1.82) is 0 Å². The lowest BCUT2D eigenvalue weighted by molar-refractivity contribution is 0.590. The van der Waals surface area contributed by atoms with E-state index in [1.54, 1.807) is 0 Å². The van der Waals surface area contributed by atoms with E-state index in [0.29, 0.717) is 11.7 Å². The Morgan fingerprint density at radius 3 is 1.57 bits per heavy atom. The van der Waals surface area contributed by atoms with Gasteiger partial charge in [-0.15, -0.1) is 0 Å². The lowest BCUT2D eigenvalue weighted by atomic mass is 9.83. The fourth-order valence-corrected chi connectivity index (χ4v) is 2.24. The topological polar surface area (TPSA) is 76.8 Å². The van der Waals surface area contributed by atoms with Crippen LogP contribution in [0.15, 0.2) is 34.3 Å². The molecule has 14 heavy (non-hydrogen) atoms.